The highest BCUT2D eigenvalue weighted by atomic mass is 16.5. The molecule has 154 valence electrons. The predicted molar refractivity (Wildman–Crippen MR) is 110 cm³/mol. The summed E-state index contributed by atoms with van der Waals surface area (Å²) in [4.78, 5) is 28.1. The van der Waals surface area contributed by atoms with E-state index in [0.717, 1.165) is 58.3 Å². The van der Waals surface area contributed by atoms with Gasteiger partial charge in [0.2, 0.25) is 11.8 Å². The molecule has 2 saturated heterocycles. The van der Waals surface area contributed by atoms with E-state index in [0.29, 0.717) is 30.8 Å². The van der Waals surface area contributed by atoms with Crippen LogP contribution in [0.4, 0.5) is 0 Å². The first-order valence-electron chi connectivity index (χ1n) is 10.6. The Balaban J connectivity index is 1.38. The van der Waals surface area contributed by atoms with Crippen molar-refractivity contribution in [1.29, 1.82) is 0 Å². The van der Waals surface area contributed by atoms with Crippen molar-refractivity contribution in [2.75, 3.05) is 33.3 Å². The van der Waals surface area contributed by atoms with E-state index < -0.39 is 0 Å². The van der Waals surface area contributed by atoms with Crippen LogP contribution >= 0.6 is 0 Å². The van der Waals surface area contributed by atoms with Gasteiger partial charge in [-0.05, 0) is 55.1 Å². The maximum atomic E-state index is 12.7. The summed E-state index contributed by atoms with van der Waals surface area (Å²) < 4.78 is 5.17. The molecule has 0 unspecified atom stereocenters. The molecule has 0 bridgehead atoms. The van der Waals surface area contributed by atoms with Crippen molar-refractivity contribution >= 4 is 11.8 Å². The van der Waals surface area contributed by atoms with Crippen LogP contribution in [0.5, 0.6) is 0 Å². The molecule has 1 aromatic rings. The van der Waals surface area contributed by atoms with Gasteiger partial charge in [-0.1, -0.05) is 24.3 Å². The molecule has 5 nitrogen and oxygen atoms in total. The molecule has 3 rings (SSSR count). The van der Waals surface area contributed by atoms with Crippen LogP contribution in [0.3, 0.4) is 0 Å². The van der Waals surface area contributed by atoms with Gasteiger partial charge in [0.1, 0.15) is 0 Å². The van der Waals surface area contributed by atoms with Gasteiger partial charge in [-0.25, -0.2) is 0 Å². The lowest BCUT2D eigenvalue weighted by atomic mass is 9.89. The second-order valence-corrected chi connectivity index (χ2v) is 8.43. The number of benzene rings is 1. The van der Waals surface area contributed by atoms with Gasteiger partial charge in [0, 0.05) is 46.6 Å². The summed E-state index contributed by atoms with van der Waals surface area (Å²) in [6.45, 7) is 5.67. The Bertz CT molecular complexity index is 642. The third-order valence-electron chi connectivity index (χ3n) is 6.35. The second kappa shape index (κ2) is 10.1. The summed E-state index contributed by atoms with van der Waals surface area (Å²) in [6, 6.07) is 8.71. The molecular weight excluding hydrogens is 352 g/mol. The van der Waals surface area contributed by atoms with E-state index in [1.807, 2.05) is 4.90 Å². The first-order valence-corrected chi connectivity index (χ1v) is 10.6. The molecule has 5 heteroatoms. The molecule has 2 aliphatic rings. The molecule has 2 aliphatic heterocycles. The lowest BCUT2D eigenvalue weighted by molar-refractivity contribution is -0.134. The van der Waals surface area contributed by atoms with Crippen LogP contribution in [0.1, 0.15) is 50.2 Å². The van der Waals surface area contributed by atoms with E-state index in [9.17, 15) is 9.59 Å². The minimum absolute atomic E-state index is 0.153. The van der Waals surface area contributed by atoms with Gasteiger partial charge >= 0.3 is 0 Å². The number of amides is 2. The molecule has 0 atom stereocenters. The molecule has 0 spiro atoms. The molecule has 0 N–H and O–H groups in total. The van der Waals surface area contributed by atoms with Crippen LogP contribution in [-0.2, 0) is 27.4 Å². The number of likely N-dealkylation sites (tertiary alicyclic amines) is 2. The Morgan fingerprint density at radius 1 is 0.893 bits per heavy atom. The number of ether oxygens (including phenoxy) is 1. The first kappa shape index (κ1) is 20.8. The quantitative estimate of drug-likeness (QED) is 0.754. The van der Waals surface area contributed by atoms with Gasteiger partial charge in [0.25, 0.3) is 0 Å². The van der Waals surface area contributed by atoms with Crippen molar-refractivity contribution in [1.82, 2.24) is 9.80 Å². The number of methoxy groups -OCH3 is 1. The van der Waals surface area contributed by atoms with Crippen molar-refractivity contribution in [3.8, 4) is 0 Å². The van der Waals surface area contributed by atoms with Gasteiger partial charge < -0.3 is 14.5 Å². The van der Waals surface area contributed by atoms with Gasteiger partial charge in [-0.3, -0.25) is 9.59 Å². The fourth-order valence-corrected chi connectivity index (χ4v) is 4.49. The second-order valence-electron chi connectivity index (χ2n) is 8.43. The SMILES string of the molecule is COCc1ccc(CC2CCN(C(=O)CC3CCN(C(C)=O)CC3)CC2)cc1. The number of nitrogens with zero attached hydrogens (tertiary/aromatic N) is 2. The molecule has 28 heavy (non-hydrogen) atoms. The fourth-order valence-electron chi connectivity index (χ4n) is 4.49. The molecule has 2 fully saturated rings. The summed E-state index contributed by atoms with van der Waals surface area (Å²) in [5, 5.41) is 0. The average Bonchev–Trinajstić information content (AvgIpc) is 2.70. The van der Waals surface area contributed by atoms with Crippen LogP contribution in [0, 0.1) is 11.8 Å². The summed E-state index contributed by atoms with van der Waals surface area (Å²) in [6.07, 6.45) is 5.85. The van der Waals surface area contributed by atoms with E-state index in [1.165, 1.54) is 11.1 Å². The topological polar surface area (TPSA) is 49.9 Å². The third kappa shape index (κ3) is 5.81. The van der Waals surface area contributed by atoms with Gasteiger partial charge in [0.05, 0.1) is 6.61 Å². The highest BCUT2D eigenvalue weighted by Crippen LogP contribution is 2.25. The normalized spacial score (nSPS) is 19.1. The number of hydrogen-bond donors (Lipinski definition) is 0. The lowest BCUT2D eigenvalue weighted by Crippen LogP contribution is -2.42. The monoisotopic (exact) mass is 386 g/mol. The standard InChI is InChI=1S/C23H34N2O3/c1-18(26)24-11-7-21(8-12-24)16-23(27)25-13-9-20(10-14-25)15-19-3-5-22(6-4-19)17-28-2/h3-6,20-21H,7-17H2,1-2H3. The highest BCUT2D eigenvalue weighted by molar-refractivity contribution is 5.76. The van der Waals surface area contributed by atoms with Crippen LogP contribution in [0.2, 0.25) is 0 Å². The first-order chi connectivity index (χ1) is 13.5. The summed E-state index contributed by atoms with van der Waals surface area (Å²) >= 11 is 0. The lowest BCUT2D eigenvalue weighted by Gasteiger charge is -2.35. The third-order valence-corrected chi connectivity index (χ3v) is 6.35. The number of rotatable bonds is 6. The molecular formula is C23H34N2O3. The number of piperidine rings is 2. The minimum Gasteiger partial charge on any atom is -0.380 e. The van der Waals surface area contributed by atoms with Crippen LogP contribution in [0.25, 0.3) is 0 Å². The minimum atomic E-state index is 0.153. The molecule has 2 amide bonds. The average molecular weight is 387 g/mol. The van der Waals surface area contributed by atoms with Crippen molar-refractivity contribution in [3.63, 3.8) is 0 Å². The Morgan fingerprint density at radius 2 is 1.43 bits per heavy atom. The van der Waals surface area contributed by atoms with E-state index in [1.54, 1.807) is 14.0 Å². The molecule has 2 heterocycles. The maximum absolute atomic E-state index is 12.7. The zero-order valence-corrected chi connectivity index (χ0v) is 17.4. The zero-order chi connectivity index (χ0) is 19.9. The van der Waals surface area contributed by atoms with E-state index in [-0.39, 0.29) is 5.91 Å². The van der Waals surface area contributed by atoms with Crippen molar-refractivity contribution in [2.45, 2.75) is 52.1 Å². The van der Waals surface area contributed by atoms with Crippen molar-refractivity contribution in [3.05, 3.63) is 35.4 Å². The van der Waals surface area contributed by atoms with Gasteiger partial charge in [-0.2, -0.15) is 0 Å². The summed E-state index contributed by atoms with van der Waals surface area (Å²) in [5.41, 5.74) is 2.59. The Labute approximate surface area is 169 Å². The smallest absolute Gasteiger partial charge is 0.222 e. The van der Waals surface area contributed by atoms with Gasteiger partial charge in [0.15, 0.2) is 0 Å². The summed E-state index contributed by atoms with van der Waals surface area (Å²) in [5.74, 6) is 1.56. The Kier molecular flexibility index (Phi) is 7.49. The molecule has 0 radical (unpaired) electrons. The van der Waals surface area contributed by atoms with Crippen LogP contribution in [0.15, 0.2) is 24.3 Å². The van der Waals surface area contributed by atoms with Crippen molar-refractivity contribution in [2.24, 2.45) is 11.8 Å². The summed E-state index contributed by atoms with van der Waals surface area (Å²) in [7, 11) is 1.72. The van der Waals surface area contributed by atoms with Crippen LogP contribution < -0.4 is 0 Å². The number of carbonyl (C=O) groups excluding carboxylic acids is 2. The molecule has 0 aliphatic carbocycles. The fraction of sp³-hybridized carbons (Fsp3) is 0.652. The Morgan fingerprint density at radius 3 is 2.00 bits per heavy atom. The highest BCUT2D eigenvalue weighted by Gasteiger charge is 2.27. The zero-order valence-electron chi connectivity index (χ0n) is 17.4. The van der Waals surface area contributed by atoms with E-state index in [4.69, 9.17) is 4.74 Å². The van der Waals surface area contributed by atoms with E-state index >= 15 is 0 Å². The number of hydrogen-bond acceptors (Lipinski definition) is 3. The van der Waals surface area contributed by atoms with Crippen LogP contribution in [-0.4, -0.2) is 54.9 Å². The van der Waals surface area contributed by atoms with Crippen molar-refractivity contribution < 1.29 is 14.3 Å². The Hall–Kier alpha value is -1.88. The number of carbonyl (C=O) groups is 2. The van der Waals surface area contributed by atoms with Gasteiger partial charge in [-0.15, -0.1) is 0 Å². The predicted octanol–water partition coefficient (Wildman–Crippen LogP) is 3.26. The maximum Gasteiger partial charge on any atom is 0.222 e. The molecule has 1 aromatic carbocycles. The molecule has 0 saturated carbocycles. The molecule has 0 aromatic heterocycles. The largest absolute Gasteiger partial charge is 0.380 e. The van der Waals surface area contributed by atoms with E-state index in [2.05, 4.69) is 29.2 Å².